The fraction of sp³-hybridized carbons (Fsp3) is 0.538. The zero-order valence-electron chi connectivity index (χ0n) is 11.0. The number of hydrogen-bond donors (Lipinski definition) is 1. The van der Waals surface area contributed by atoms with Crippen LogP contribution in [0, 0.1) is 5.92 Å². The standard InChI is InChI=1S/C13H19N3O.2ClH/c1-16(13(17)12-4-8-15-10-12)9-5-11-2-6-14-7-3-11;;/h2-3,6-7,12,15H,4-5,8-10H2,1H3;2*1H. The average Bonchev–Trinajstić information content (AvgIpc) is 2.90. The molecule has 2 heterocycles. The summed E-state index contributed by atoms with van der Waals surface area (Å²) in [5.41, 5.74) is 1.23. The zero-order chi connectivity index (χ0) is 12.1. The molecule has 4 nitrogen and oxygen atoms in total. The largest absolute Gasteiger partial charge is 0.345 e. The van der Waals surface area contributed by atoms with Gasteiger partial charge in [0.05, 0.1) is 5.92 Å². The van der Waals surface area contributed by atoms with E-state index >= 15 is 0 Å². The predicted molar refractivity (Wildman–Crippen MR) is 81.1 cm³/mol. The molecule has 108 valence electrons. The van der Waals surface area contributed by atoms with E-state index in [1.165, 1.54) is 5.56 Å². The summed E-state index contributed by atoms with van der Waals surface area (Å²) < 4.78 is 0. The number of nitrogens with one attached hydrogen (secondary N) is 1. The Bertz CT molecular complexity index is 369. The fourth-order valence-electron chi connectivity index (χ4n) is 2.13. The minimum Gasteiger partial charge on any atom is -0.345 e. The number of carbonyl (C=O) groups is 1. The van der Waals surface area contributed by atoms with E-state index in [1.807, 2.05) is 24.1 Å². The van der Waals surface area contributed by atoms with Crippen LogP contribution in [-0.4, -0.2) is 42.5 Å². The molecule has 1 aromatic rings. The number of aromatic nitrogens is 1. The van der Waals surface area contributed by atoms with Crippen LogP contribution in [-0.2, 0) is 11.2 Å². The molecule has 1 aliphatic heterocycles. The van der Waals surface area contributed by atoms with E-state index in [0.717, 1.165) is 32.5 Å². The fourth-order valence-corrected chi connectivity index (χ4v) is 2.13. The van der Waals surface area contributed by atoms with Gasteiger partial charge in [-0.1, -0.05) is 0 Å². The van der Waals surface area contributed by atoms with Gasteiger partial charge in [0, 0.05) is 32.5 Å². The lowest BCUT2D eigenvalue weighted by molar-refractivity contribution is -0.133. The van der Waals surface area contributed by atoms with Crippen molar-refractivity contribution < 1.29 is 4.79 Å². The summed E-state index contributed by atoms with van der Waals surface area (Å²) in [4.78, 5) is 17.9. The molecule has 0 spiro atoms. The molecule has 1 fully saturated rings. The van der Waals surface area contributed by atoms with E-state index in [1.54, 1.807) is 12.4 Å². The molecule has 6 heteroatoms. The van der Waals surface area contributed by atoms with Gasteiger partial charge in [0.2, 0.25) is 5.91 Å². The van der Waals surface area contributed by atoms with Crippen molar-refractivity contribution in [2.45, 2.75) is 12.8 Å². The minimum atomic E-state index is 0. The molecular weight excluding hydrogens is 285 g/mol. The van der Waals surface area contributed by atoms with Crippen molar-refractivity contribution in [3.05, 3.63) is 30.1 Å². The van der Waals surface area contributed by atoms with Crippen LogP contribution in [0.5, 0.6) is 0 Å². The Morgan fingerprint density at radius 2 is 2.11 bits per heavy atom. The Kier molecular flexibility index (Phi) is 8.72. The Labute approximate surface area is 126 Å². The second kappa shape index (κ2) is 9.13. The molecule has 1 aromatic heterocycles. The van der Waals surface area contributed by atoms with Crippen molar-refractivity contribution in [2.75, 3.05) is 26.7 Å². The highest BCUT2D eigenvalue weighted by Crippen LogP contribution is 2.11. The van der Waals surface area contributed by atoms with Gasteiger partial charge in [0.25, 0.3) is 0 Å². The van der Waals surface area contributed by atoms with E-state index in [9.17, 15) is 4.79 Å². The third kappa shape index (κ3) is 5.35. The highest BCUT2D eigenvalue weighted by Gasteiger charge is 2.24. The second-order valence-corrected chi connectivity index (χ2v) is 4.55. The van der Waals surface area contributed by atoms with Gasteiger partial charge in [0.15, 0.2) is 0 Å². The maximum Gasteiger partial charge on any atom is 0.226 e. The van der Waals surface area contributed by atoms with Crippen molar-refractivity contribution >= 4 is 30.7 Å². The van der Waals surface area contributed by atoms with Crippen LogP contribution >= 0.6 is 24.8 Å². The molecule has 1 saturated heterocycles. The minimum absolute atomic E-state index is 0. The van der Waals surface area contributed by atoms with Crippen LogP contribution in [0.15, 0.2) is 24.5 Å². The molecule has 0 bridgehead atoms. The van der Waals surface area contributed by atoms with Gasteiger partial charge in [-0.05, 0) is 37.1 Å². The number of amides is 1. The highest BCUT2D eigenvalue weighted by atomic mass is 35.5. The van der Waals surface area contributed by atoms with Crippen LogP contribution < -0.4 is 5.32 Å². The highest BCUT2D eigenvalue weighted by molar-refractivity contribution is 5.85. The molecule has 19 heavy (non-hydrogen) atoms. The summed E-state index contributed by atoms with van der Waals surface area (Å²) in [5, 5.41) is 3.23. The van der Waals surface area contributed by atoms with Gasteiger partial charge in [-0.2, -0.15) is 0 Å². The first-order chi connectivity index (χ1) is 8.27. The van der Waals surface area contributed by atoms with Crippen molar-refractivity contribution in [2.24, 2.45) is 5.92 Å². The Hall–Kier alpha value is -0.840. The summed E-state index contributed by atoms with van der Waals surface area (Å²) in [7, 11) is 1.89. The molecule has 0 aliphatic carbocycles. The Balaban J connectivity index is 0.00000162. The lowest BCUT2D eigenvalue weighted by atomic mass is 10.1. The van der Waals surface area contributed by atoms with Crippen LogP contribution in [0.2, 0.25) is 0 Å². The van der Waals surface area contributed by atoms with Crippen molar-refractivity contribution in [1.29, 1.82) is 0 Å². The van der Waals surface area contributed by atoms with E-state index < -0.39 is 0 Å². The normalized spacial score (nSPS) is 17.2. The molecule has 1 unspecified atom stereocenters. The smallest absolute Gasteiger partial charge is 0.226 e. The third-order valence-corrected chi connectivity index (χ3v) is 3.27. The monoisotopic (exact) mass is 305 g/mol. The molecule has 1 N–H and O–H groups in total. The van der Waals surface area contributed by atoms with Crippen molar-refractivity contribution in [3.63, 3.8) is 0 Å². The van der Waals surface area contributed by atoms with E-state index in [0.29, 0.717) is 0 Å². The number of rotatable bonds is 4. The third-order valence-electron chi connectivity index (χ3n) is 3.27. The van der Waals surface area contributed by atoms with Gasteiger partial charge in [0.1, 0.15) is 0 Å². The lowest BCUT2D eigenvalue weighted by Gasteiger charge is -2.20. The number of halogens is 2. The number of pyridine rings is 1. The SMILES string of the molecule is CN(CCc1ccncc1)C(=O)C1CCNC1.Cl.Cl. The average molecular weight is 306 g/mol. The molecule has 0 saturated carbocycles. The van der Waals surface area contributed by atoms with Gasteiger partial charge in [-0.25, -0.2) is 0 Å². The summed E-state index contributed by atoms with van der Waals surface area (Å²) in [6, 6.07) is 3.99. The topological polar surface area (TPSA) is 45.2 Å². The Morgan fingerprint density at radius 1 is 1.42 bits per heavy atom. The lowest BCUT2D eigenvalue weighted by Crippen LogP contribution is -2.35. The van der Waals surface area contributed by atoms with Gasteiger partial charge < -0.3 is 10.2 Å². The molecule has 2 rings (SSSR count). The quantitative estimate of drug-likeness (QED) is 0.918. The molecule has 1 aliphatic rings. The summed E-state index contributed by atoms with van der Waals surface area (Å²) >= 11 is 0. The second-order valence-electron chi connectivity index (χ2n) is 4.55. The number of carbonyl (C=O) groups excluding carboxylic acids is 1. The van der Waals surface area contributed by atoms with Crippen LogP contribution in [0.1, 0.15) is 12.0 Å². The predicted octanol–water partition coefficient (Wildman–Crippen LogP) is 1.54. The summed E-state index contributed by atoms with van der Waals surface area (Å²) in [5.74, 6) is 0.446. The summed E-state index contributed by atoms with van der Waals surface area (Å²) in [6.07, 6.45) is 5.44. The molecule has 0 aromatic carbocycles. The maximum absolute atomic E-state index is 12.0. The number of hydrogen-bond acceptors (Lipinski definition) is 3. The summed E-state index contributed by atoms with van der Waals surface area (Å²) in [6.45, 7) is 2.58. The molecule has 0 radical (unpaired) electrons. The maximum atomic E-state index is 12.0. The first-order valence-electron chi connectivity index (χ1n) is 6.12. The van der Waals surface area contributed by atoms with Gasteiger partial charge in [-0.15, -0.1) is 24.8 Å². The first-order valence-corrected chi connectivity index (χ1v) is 6.12. The van der Waals surface area contributed by atoms with E-state index in [4.69, 9.17) is 0 Å². The van der Waals surface area contributed by atoms with E-state index in [-0.39, 0.29) is 36.6 Å². The van der Waals surface area contributed by atoms with Crippen molar-refractivity contribution in [1.82, 2.24) is 15.2 Å². The van der Waals surface area contributed by atoms with Gasteiger partial charge in [-0.3, -0.25) is 9.78 Å². The Morgan fingerprint density at radius 3 is 2.68 bits per heavy atom. The van der Waals surface area contributed by atoms with Gasteiger partial charge >= 0.3 is 0 Å². The van der Waals surface area contributed by atoms with Crippen LogP contribution in [0.3, 0.4) is 0 Å². The van der Waals surface area contributed by atoms with E-state index in [2.05, 4.69) is 10.3 Å². The molecular formula is C13H21Cl2N3O. The first kappa shape index (κ1) is 18.2. The van der Waals surface area contributed by atoms with Crippen molar-refractivity contribution in [3.8, 4) is 0 Å². The zero-order valence-corrected chi connectivity index (χ0v) is 12.7. The van der Waals surface area contributed by atoms with Crippen LogP contribution in [0.4, 0.5) is 0 Å². The van der Waals surface area contributed by atoms with Crippen LogP contribution in [0.25, 0.3) is 0 Å². The number of nitrogens with zero attached hydrogens (tertiary/aromatic N) is 2. The molecule has 1 amide bonds. The molecule has 1 atom stereocenters. The number of likely N-dealkylation sites (N-methyl/N-ethyl adjacent to an activating group) is 1.